The van der Waals surface area contributed by atoms with Crippen LogP contribution in [0.4, 0.5) is 5.00 Å². The number of para-hydroxylation sites is 1. The summed E-state index contributed by atoms with van der Waals surface area (Å²) in [6.07, 6.45) is 10.5. The zero-order chi connectivity index (χ0) is 20.5. The molecule has 0 radical (unpaired) electrons. The number of thiophene rings is 1. The number of aromatic nitrogens is 1. The molecule has 3 heterocycles. The summed E-state index contributed by atoms with van der Waals surface area (Å²) in [6.45, 7) is 2.09. The maximum Gasteiger partial charge on any atom is 0.242 e. The number of hydrogen-bond donors (Lipinski definition) is 0. The summed E-state index contributed by atoms with van der Waals surface area (Å²) in [5, 5.41) is 11.6. The van der Waals surface area contributed by atoms with Crippen LogP contribution in [0.1, 0.15) is 47.3 Å². The van der Waals surface area contributed by atoms with E-state index >= 15 is 0 Å². The van der Waals surface area contributed by atoms with Crippen LogP contribution < -0.4 is 0 Å². The van der Waals surface area contributed by atoms with Gasteiger partial charge >= 0.3 is 0 Å². The van der Waals surface area contributed by atoms with Crippen LogP contribution in [-0.4, -0.2) is 34.7 Å². The quantitative estimate of drug-likeness (QED) is 0.572. The highest BCUT2D eigenvalue weighted by Gasteiger charge is 2.21. The molecule has 0 bridgehead atoms. The first-order valence-electron chi connectivity index (χ1n) is 10.7. The molecule has 1 aliphatic carbocycles. The third-order valence-electron chi connectivity index (χ3n) is 6.17. The number of nitrogens with zero attached hydrogens (tertiary/aromatic N) is 4. The van der Waals surface area contributed by atoms with E-state index in [0.717, 1.165) is 72.2 Å². The molecule has 5 rings (SSSR count). The second kappa shape index (κ2) is 8.08. The van der Waals surface area contributed by atoms with Crippen LogP contribution in [0.2, 0.25) is 0 Å². The SMILES string of the molecule is N#Cc1c(N=Cc2cn(CC(=O)N3CCCC3)c3ccccc23)sc2c1CCCC2. The number of rotatable bonds is 4. The van der Waals surface area contributed by atoms with Crippen LogP contribution in [0.25, 0.3) is 10.9 Å². The minimum absolute atomic E-state index is 0.175. The summed E-state index contributed by atoms with van der Waals surface area (Å²) >= 11 is 1.66. The highest BCUT2D eigenvalue weighted by atomic mass is 32.1. The van der Waals surface area contributed by atoms with Crippen molar-refractivity contribution in [3.8, 4) is 6.07 Å². The van der Waals surface area contributed by atoms with Gasteiger partial charge < -0.3 is 9.47 Å². The van der Waals surface area contributed by atoms with Crippen molar-refractivity contribution in [3.05, 3.63) is 52.0 Å². The first kappa shape index (κ1) is 19.1. The average Bonchev–Trinajstić information content (AvgIpc) is 3.50. The van der Waals surface area contributed by atoms with Crippen LogP contribution in [0.15, 0.2) is 35.5 Å². The zero-order valence-corrected chi connectivity index (χ0v) is 17.7. The third-order valence-corrected chi connectivity index (χ3v) is 7.37. The van der Waals surface area contributed by atoms with E-state index in [4.69, 9.17) is 4.99 Å². The number of likely N-dealkylation sites (tertiary alicyclic amines) is 1. The smallest absolute Gasteiger partial charge is 0.242 e. The van der Waals surface area contributed by atoms with E-state index in [1.54, 1.807) is 11.3 Å². The van der Waals surface area contributed by atoms with E-state index in [1.165, 1.54) is 16.9 Å². The Morgan fingerprint density at radius 3 is 2.80 bits per heavy atom. The Hall–Kier alpha value is -2.91. The lowest BCUT2D eigenvalue weighted by Gasteiger charge is -2.15. The van der Waals surface area contributed by atoms with Crippen LogP contribution in [0, 0.1) is 11.3 Å². The first-order chi connectivity index (χ1) is 14.7. The Kier molecular flexibility index (Phi) is 5.14. The summed E-state index contributed by atoms with van der Waals surface area (Å²) in [5.41, 5.74) is 3.98. The van der Waals surface area contributed by atoms with Gasteiger partial charge in [-0.2, -0.15) is 5.26 Å². The molecule has 3 aromatic rings. The monoisotopic (exact) mass is 416 g/mol. The van der Waals surface area contributed by atoms with Crippen LogP contribution in [0.5, 0.6) is 0 Å². The normalized spacial score (nSPS) is 16.3. The molecule has 0 atom stereocenters. The second-order valence-corrected chi connectivity index (χ2v) is 9.16. The van der Waals surface area contributed by atoms with Gasteiger partial charge in [0.2, 0.25) is 5.91 Å². The Balaban J connectivity index is 1.47. The van der Waals surface area contributed by atoms with Gasteiger partial charge in [0.05, 0.1) is 5.56 Å². The van der Waals surface area contributed by atoms with Gasteiger partial charge in [-0.15, -0.1) is 11.3 Å². The van der Waals surface area contributed by atoms with Crippen molar-refractivity contribution in [1.82, 2.24) is 9.47 Å². The van der Waals surface area contributed by atoms with E-state index in [2.05, 4.69) is 18.2 Å². The highest BCUT2D eigenvalue weighted by molar-refractivity contribution is 7.16. The molecule has 0 unspecified atom stereocenters. The summed E-state index contributed by atoms with van der Waals surface area (Å²) in [6, 6.07) is 10.5. The largest absolute Gasteiger partial charge is 0.341 e. The first-order valence-corrected chi connectivity index (χ1v) is 11.5. The zero-order valence-electron chi connectivity index (χ0n) is 16.9. The van der Waals surface area contributed by atoms with Gasteiger partial charge in [-0.1, -0.05) is 18.2 Å². The number of hydrogen-bond acceptors (Lipinski definition) is 4. The molecule has 30 heavy (non-hydrogen) atoms. The maximum atomic E-state index is 12.7. The summed E-state index contributed by atoms with van der Waals surface area (Å²) in [7, 11) is 0. The number of fused-ring (bicyclic) bond motifs is 2. The fraction of sp³-hybridized carbons (Fsp3) is 0.375. The number of amides is 1. The predicted octanol–water partition coefficient (Wildman–Crippen LogP) is 4.83. The third kappa shape index (κ3) is 3.44. The van der Waals surface area contributed by atoms with Crippen molar-refractivity contribution in [2.24, 2.45) is 4.99 Å². The van der Waals surface area contributed by atoms with Crippen molar-refractivity contribution in [2.75, 3.05) is 13.1 Å². The number of aliphatic imine (C=N–C) groups is 1. The fourth-order valence-corrected chi connectivity index (χ4v) is 5.79. The number of carbonyl (C=O) groups is 1. The lowest BCUT2D eigenvalue weighted by atomic mass is 9.96. The fourth-order valence-electron chi connectivity index (χ4n) is 4.61. The predicted molar refractivity (Wildman–Crippen MR) is 121 cm³/mol. The molecule has 6 heteroatoms. The van der Waals surface area contributed by atoms with Gasteiger partial charge in [-0.05, 0) is 50.2 Å². The molecular formula is C24H24N4OS. The molecule has 1 fully saturated rings. The summed E-state index contributed by atoms with van der Waals surface area (Å²) in [5.74, 6) is 0.175. The van der Waals surface area contributed by atoms with E-state index in [0.29, 0.717) is 6.54 Å². The van der Waals surface area contributed by atoms with E-state index in [9.17, 15) is 10.1 Å². The van der Waals surface area contributed by atoms with E-state index < -0.39 is 0 Å². The van der Waals surface area contributed by atoms with Crippen LogP contribution in [-0.2, 0) is 24.2 Å². The molecule has 1 aliphatic heterocycles. The Bertz CT molecular complexity index is 1170. The lowest BCUT2D eigenvalue weighted by Crippen LogP contribution is -2.30. The summed E-state index contributed by atoms with van der Waals surface area (Å²) in [4.78, 5) is 20.7. The van der Waals surface area contributed by atoms with Gasteiger partial charge in [0.1, 0.15) is 17.6 Å². The Morgan fingerprint density at radius 1 is 1.17 bits per heavy atom. The number of aryl methyl sites for hydroxylation is 1. The minimum atomic E-state index is 0.175. The lowest BCUT2D eigenvalue weighted by molar-refractivity contribution is -0.130. The molecule has 5 nitrogen and oxygen atoms in total. The van der Waals surface area contributed by atoms with Gasteiger partial charge in [-0.3, -0.25) is 4.79 Å². The maximum absolute atomic E-state index is 12.7. The molecule has 0 saturated carbocycles. The Labute approximate surface area is 180 Å². The molecule has 0 spiro atoms. The molecule has 1 aromatic carbocycles. The minimum Gasteiger partial charge on any atom is -0.341 e. The molecular weight excluding hydrogens is 392 g/mol. The second-order valence-electron chi connectivity index (χ2n) is 8.08. The molecule has 1 amide bonds. The van der Waals surface area contributed by atoms with Gasteiger partial charge in [0, 0.05) is 46.8 Å². The van der Waals surface area contributed by atoms with Crippen LogP contribution in [0.3, 0.4) is 0 Å². The van der Waals surface area contributed by atoms with Crippen molar-refractivity contribution >= 4 is 39.4 Å². The molecule has 2 aliphatic rings. The average molecular weight is 417 g/mol. The molecule has 152 valence electrons. The Morgan fingerprint density at radius 2 is 1.97 bits per heavy atom. The van der Waals surface area contributed by atoms with Crippen molar-refractivity contribution in [2.45, 2.75) is 45.1 Å². The number of benzene rings is 1. The standard InChI is InChI=1S/C24H24N4OS/c25-13-20-19-8-2-4-10-22(19)30-24(20)26-14-17-15-28(21-9-3-1-7-18(17)21)16-23(29)27-11-5-6-12-27/h1,3,7,9,14-15H,2,4-6,8,10-12,16H2. The topological polar surface area (TPSA) is 61.4 Å². The van der Waals surface area contributed by atoms with E-state index in [1.807, 2.05) is 34.0 Å². The van der Waals surface area contributed by atoms with Crippen molar-refractivity contribution in [1.29, 1.82) is 5.26 Å². The van der Waals surface area contributed by atoms with Gasteiger partial charge in [0.25, 0.3) is 0 Å². The molecule has 2 aromatic heterocycles. The summed E-state index contributed by atoms with van der Waals surface area (Å²) < 4.78 is 2.03. The van der Waals surface area contributed by atoms with E-state index in [-0.39, 0.29) is 5.91 Å². The highest BCUT2D eigenvalue weighted by Crippen LogP contribution is 2.39. The van der Waals surface area contributed by atoms with Crippen LogP contribution >= 0.6 is 11.3 Å². The number of nitriles is 1. The van der Waals surface area contributed by atoms with Crippen molar-refractivity contribution in [3.63, 3.8) is 0 Å². The van der Waals surface area contributed by atoms with Crippen molar-refractivity contribution < 1.29 is 4.79 Å². The molecule has 1 saturated heterocycles. The number of carbonyl (C=O) groups excluding carboxylic acids is 1. The molecule has 0 N–H and O–H groups in total. The van der Waals surface area contributed by atoms with Gasteiger partial charge in [-0.25, -0.2) is 4.99 Å². The van der Waals surface area contributed by atoms with Gasteiger partial charge in [0.15, 0.2) is 0 Å².